The summed E-state index contributed by atoms with van der Waals surface area (Å²) in [5.41, 5.74) is 0. The standard InChI is InChI=1S/C10H15ClN2O2S2/c1-12-4-6-13(7-5-12)17(14,15)10-3-2-9(8-11)16-10/h2-3H,4-8H2,1H3. The van der Waals surface area contributed by atoms with E-state index in [4.69, 9.17) is 11.6 Å². The molecule has 2 rings (SSSR count). The Kier molecular flexibility index (Phi) is 4.10. The highest BCUT2D eigenvalue weighted by atomic mass is 35.5. The predicted molar refractivity (Wildman–Crippen MR) is 70.1 cm³/mol. The van der Waals surface area contributed by atoms with E-state index in [1.54, 1.807) is 16.4 Å². The molecule has 0 radical (unpaired) electrons. The molecule has 1 fully saturated rings. The Morgan fingerprint density at radius 3 is 2.47 bits per heavy atom. The van der Waals surface area contributed by atoms with Gasteiger partial charge in [-0.3, -0.25) is 0 Å². The minimum Gasteiger partial charge on any atom is -0.304 e. The van der Waals surface area contributed by atoms with Crippen molar-refractivity contribution in [3.8, 4) is 0 Å². The molecule has 1 saturated heterocycles. The second-order valence-corrected chi connectivity index (χ2v) is 7.66. The van der Waals surface area contributed by atoms with E-state index < -0.39 is 10.0 Å². The van der Waals surface area contributed by atoms with Gasteiger partial charge in [0.05, 0.1) is 5.88 Å². The smallest absolute Gasteiger partial charge is 0.252 e. The lowest BCUT2D eigenvalue weighted by molar-refractivity contribution is 0.222. The fourth-order valence-electron chi connectivity index (χ4n) is 1.72. The van der Waals surface area contributed by atoms with Crippen LogP contribution in [0.1, 0.15) is 4.88 Å². The Morgan fingerprint density at radius 1 is 1.29 bits per heavy atom. The third kappa shape index (κ3) is 2.82. The number of nitrogens with zero attached hydrogens (tertiary/aromatic N) is 2. The predicted octanol–water partition coefficient (Wildman–Crippen LogP) is 1.42. The minimum atomic E-state index is -3.31. The Labute approximate surface area is 111 Å². The van der Waals surface area contributed by atoms with E-state index in [0.717, 1.165) is 18.0 Å². The van der Waals surface area contributed by atoms with Gasteiger partial charge in [-0.25, -0.2) is 8.42 Å². The lowest BCUT2D eigenvalue weighted by Gasteiger charge is -2.31. The number of halogens is 1. The van der Waals surface area contributed by atoms with Crippen LogP contribution in [0.4, 0.5) is 0 Å². The van der Waals surface area contributed by atoms with Crippen molar-refractivity contribution >= 4 is 33.0 Å². The van der Waals surface area contributed by atoms with Gasteiger partial charge in [-0.15, -0.1) is 22.9 Å². The average Bonchev–Trinajstić information content (AvgIpc) is 2.78. The summed E-state index contributed by atoms with van der Waals surface area (Å²) in [7, 11) is -1.31. The number of sulfonamides is 1. The average molecular weight is 295 g/mol. The summed E-state index contributed by atoms with van der Waals surface area (Å²) in [6.45, 7) is 2.69. The quantitative estimate of drug-likeness (QED) is 0.792. The third-order valence-electron chi connectivity index (χ3n) is 2.83. The number of piperazine rings is 1. The Hall–Kier alpha value is -0.140. The maximum absolute atomic E-state index is 12.3. The SMILES string of the molecule is CN1CCN(S(=O)(=O)c2ccc(CCl)s2)CC1. The van der Waals surface area contributed by atoms with E-state index in [0.29, 0.717) is 23.2 Å². The Bertz CT molecular complexity index is 478. The van der Waals surface area contributed by atoms with Crippen molar-refractivity contribution in [3.63, 3.8) is 0 Å². The highest BCUT2D eigenvalue weighted by Crippen LogP contribution is 2.26. The number of hydrogen-bond acceptors (Lipinski definition) is 4. The molecule has 1 aliphatic heterocycles. The van der Waals surface area contributed by atoms with Crippen LogP contribution < -0.4 is 0 Å². The first kappa shape index (κ1) is 13.3. The molecular formula is C10H15ClN2O2S2. The first-order chi connectivity index (χ1) is 8.04. The van der Waals surface area contributed by atoms with Crippen molar-refractivity contribution in [1.29, 1.82) is 0 Å². The molecule has 0 N–H and O–H groups in total. The Balaban J connectivity index is 2.18. The molecule has 1 aromatic rings. The largest absolute Gasteiger partial charge is 0.304 e. The molecule has 1 aromatic heterocycles. The summed E-state index contributed by atoms with van der Waals surface area (Å²) in [6.07, 6.45) is 0. The van der Waals surface area contributed by atoms with E-state index in [-0.39, 0.29) is 0 Å². The monoisotopic (exact) mass is 294 g/mol. The second kappa shape index (κ2) is 5.24. The van der Waals surface area contributed by atoms with E-state index in [9.17, 15) is 8.42 Å². The summed E-state index contributed by atoms with van der Waals surface area (Å²) in [4.78, 5) is 3.02. The van der Waals surface area contributed by atoms with Gasteiger partial charge in [0.25, 0.3) is 10.0 Å². The van der Waals surface area contributed by atoms with Gasteiger partial charge in [-0.05, 0) is 19.2 Å². The molecule has 0 amide bonds. The number of likely N-dealkylation sites (N-methyl/N-ethyl adjacent to an activating group) is 1. The van der Waals surface area contributed by atoms with Gasteiger partial charge in [0, 0.05) is 31.1 Å². The molecule has 0 aliphatic carbocycles. The van der Waals surface area contributed by atoms with Crippen molar-refractivity contribution in [2.75, 3.05) is 33.2 Å². The van der Waals surface area contributed by atoms with Crippen LogP contribution in [-0.4, -0.2) is 50.8 Å². The maximum atomic E-state index is 12.3. The molecular weight excluding hydrogens is 280 g/mol. The molecule has 0 bridgehead atoms. The van der Waals surface area contributed by atoms with E-state index in [1.807, 2.05) is 7.05 Å². The van der Waals surface area contributed by atoms with Gasteiger partial charge in [0.2, 0.25) is 0 Å². The van der Waals surface area contributed by atoms with E-state index >= 15 is 0 Å². The fraction of sp³-hybridized carbons (Fsp3) is 0.600. The summed E-state index contributed by atoms with van der Waals surface area (Å²) in [6, 6.07) is 3.43. The molecule has 0 aromatic carbocycles. The minimum absolute atomic E-state index is 0.364. The van der Waals surface area contributed by atoms with Crippen LogP contribution in [0, 0.1) is 0 Å². The number of alkyl halides is 1. The molecule has 0 saturated carbocycles. The third-order valence-corrected chi connectivity index (χ3v) is 6.72. The fourth-order valence-corrected chi connectivity index (χ4v) is 4.76. The first-order valence-corrected chi connectivity index (χ1v) is 8.16. The highest BCUT2D eigenvalue weighted by Gasteiger charge is 2.28. The second-order valence-electron chi connectivity index (χ2n) is 4.06. The molecule has 2 heterocycles. The summed E-state index contributed by atoms with van der Waals surface area (Å²) in [5.74, 6) is 0.364. The highest BCUT2D eigenvalue weighted by molar-refractivity contribution is 7.91. The molecule has 0 unspecified atom stereocenters. The van der Waals surface area contributed by atoms with Crippen molar-refractivity contribution in [2.45, 2.75) is 10.1 Å². The van der Waals surface area contributed by atoms with Crippen molar-refractivity contribution in [2.24, 2.45) is 0 Å². The van der Waals surface area contributed by atoms with Crippen LogP contribution in [0.5, 0.6) is 0 Å². The van der Waals surface area contributed by atoms with Crippen LogP contribution in [-0.2, 0) is 15.9 Å². The number of hydrogen-bond donors (Lipinski definition) is 0. The molecule has 0 atom stereocenters. The van der Waals surface area contributed by atoms with Crippen LogP contribution in [0.3, 0.4) is 0 Å². The lowest BCUT2D eigenvalue weighted by Crippen LogP contribution is -2.46. The normalized spacial score (nSPS) is 19.6. The lowest BCUT2D eigenvalue weighted by atomic mass is 10.4. The van der Waals surface area contributed by atoms with Crippen molar-refractivity contribution in [3.05, 3.63) is 17.0 Å². The Morgan fingerprint density at radius 2 is 1.94 bits per heavy atom. The zero-order chi connectivity index (χ0) is 12.5. The molecule has 7 heteroatoms. The van der Waals surface area contributed by atoms with Crippen LogP contribution in [0.15, 0.2) is 16.3 Å². The molecule has 17 heavy (non-hydrogen) atoms. The van der Waals surface area contributed by atoms with Crippen molar-refractivity contribution in [1.82, 2.24) is 9.21 Å². The zero-order valence-electron chi connectivity index (χ0n) is 9.60. The van der Waals surface area contributed by atoms with Gasteiger partial charge in [0.1, 0.15) is 4.21 Å². The van der Waals surface area contributed by atoms with Gasteiger partial charge >= 0.3 is 0 Å². The van der Waals surface area contributed by atoms with E-state index in [2.05, 4.69) is 4.90 Å². The van der Waals surface area contributed by atoms with Crippen LogP contribution >= 0.6 is 22.9 Å². The molecule has 96 valence electrons. The molecule has 1 aliphatic rings. The molecule has 4 nitrogen and oxygen atoms in total. The summed E-state index contributed by atoms with van der Waals surface area (Å²) < 4.78 is 26.5. The van der Waals surface area contributed by atoms with E-state index in [1.165, 1.54) is 11.3 Å². The van der Waals surface area contributed by atoms with Gasteiger partial charge in [0.15, 0.2) is 0 Å². The summed E-state index contributed by atoms with van der Waals surface area (Å²) in [5, 5.41) is 0. The van der Waals surface area contributed by atoms with Gasteiger partial charge in [-0.2, -0.15) is 4.31 Å². The van der Waals surface area contributed by atoms with Crippen LogP contribution in [0.2, 0.25) is 0 Å². The van der Waals surface area contributed by atoms with Gasteiger partial charge in [-0.1, -0.05) is 0 Å². The number of rotatable bonds is 3. The summed E-state index contributed by atoms with van der Waals surface area (Å²) >= 11 is 6.95. The number of thiophene rings is 1. The first-order valence-electron chi connectivity index (χ1n) is 5.37. The zero-order valence-corrected chi connectivity index (χ0v) is 12.0. The maximum Gasteiger partial charge on any atom is 0.252 e. The van der Waals surface area contributed by atoms with Gasteiger partial charge < -0.3 is 4.90 Å². The molecule has 0 spiro atoms. The van der Waals surface area contributed by atoms with Crippen molar-refractivity contribution < 1.29 is 8.42 Å². The van der Waals surface area contributed by atoms with Crippen LogP contribution in [0.25, 0.3) is 0 Å². The topological polar surface area (TPSA) is 40.6 Å².